The molecule has 1 atom stereocenters. The molecule has 1 aliphatic rings. The number of nitrogens with one attached hydrogen (secondary N) is 1. The average molecular weight is 426 g/mol. The molecule has 1 fully saturated rings. The lowest BCUT2D eigenvalue weighted by molar-refractivity contribution is -0.148. The van der Waals surface area contributed by atoms with Gasteiger partial charge in [-0.15, -0.1) is 0 Å². The molecule has 3 rings (SSSR count). The van der Waals surface area contributed by atoms with Gasteiger partial charge in [0.05, 0.1) is 36.4 Å². The first-order valence-corrected chi connectivity index (χ1v) is 10.2. The Morgan fingerprint density at radius 3 is 2.65 bits per heavy atom. The zero-order valence-electron chi connectivity index (χ0n) is 17.6. The fraction of sp³-hybridized carbons (Fsp3) is 0.348. The van der Waals surface area contributed by atoms with E-state index in [1.807, 2.05) is 4.90 Å². The van der Waals surface area contributed by atoms with Crippen LogP contribution < -0.4 is 15.0 Å². The normalized spacial score (nSPS) is 15.8. The van der Waals surface area contributed by atoms with Crippen molar-refractivity contribution < 1.29 is 29.0 Å². The van der Waals surface area contributed by atoms with E-state index < -0.39 is 11.9 Å². The van der Waals surface area contributed by atoms with Crippen LogP contribution in [0.5, 0.6) is 5.75 Å². The van der Waals surface area contributed by atoms with Crippen LogP contribution in [-0.2, 0) is 9.53 Å². The van der Waals surface area contributed by atoms with Crippen molar-refractivity contribution in [3.05, 3.63) is 53.6 Å². The number of benzene rings is 2. The Bertz CT molecular complexity index is 974. The number of nitrogens with zero attached hydrogens (tertiary/aromatic N) is 1. The smallest absolute Gasteiger partial charge is 0.337 e. The van der Waals surface area contributed by atoms with E-state index in [1.165, 1.54) is 13.2 Å². The van der Waals surface area contributed by atoms with Crippen LogP contribution in [-0.4, -0.2) is 49.8 Å². The largest absolute Gasteiger partial charge is 0.496 e. The van der Waals surface area contributed by atoms with E-state index in [1.54, 1.807) is 43.3 Å². The van der Waals surface area contributed by atoms with Crippen LogP contribution in [0.3, 0.4) is 0 Å². The van der Waals surface area contributed by atoms with Gasteiger partial charge in [-0.25, -0.2) is 4.79 Å². The number of carbonyl (C=O) groups excluding carboxylic acids is 2. The maximum Gasteiger partial charge on any atom is 0.337 e. The number of carboxylic acid groups (broad SMARTS) is 1. The number of aromatic carboxylic acids is 1. The molecule has 0 spiro atoms. The third-order valence-corrected chi connectivity index (χ3v) is 5.24. The van der Waals surface area contributed by atoms with E-state index in [-0.39, 0.29) is 23.1 Å². The Morgan fingerprint density at radius 2 is 1.94 bits per heavy atom. The molecular formula is C23H26N2O6. The molecular weight excluding hydrogens is 400 g/mol. The SMILES string of the molecule is CCOC(=O)[C@H]1CCCN(c2ccc(NC(=O)c3ccccc3OC)c(C(=O)O)c2)C1. The maximum absolute atomic E-state index is 12.7. The Morgan fingerprint density at radius 1 is 1.16 bits per heavy atom. The van der Waals surface area contributed by atoms with Crippen molar-refractivity contribution in [1.82, 2.24) is 0 Å². The molecule has 1 amide bonds. The lowest BCUT2D eigenvalue weighted by Gasteiger charge is -2.33. The van der Waals surface area contributed by atoms with Gasteiger partial charge in [0.1, 0.15) is 5.75 Å². The van der Waals surface area contributed by atoms with E-state index in [9.17, 15) is 19.5 Å². The minimum atomic E-state index is -1.16. The van der Waals surface area contributed by atoms with Gasteiger partial charge in [0.2, 0.25) is 0 Å². The summed E-state index contributed by atoms with van der Waals surface area (Å²) in [5.41, 5.74) is 1.14. The van der Waals surface area contributed by atoms with E-state index >= 15 is 0 Å². The van der Waals surface area contributed by atoms with E-state index in [2.05, 4.69) is 5.32 Å². The Kier molecular flexibility index (Phi) is 7.12. The number of carbonyl (C=O) groups is 3. The fourth-order valence-corrected chi connectivity index (χ4v) is 3.70. The number of amides is 1. The molecule has 31 heavy (non-hydrogen) atoms. The Balaban J connectivity index is 1.82. The summed E-state index contributed by atoms with van der Waals surface area (Å²) in [6, 6.07) is 11.6. The highest BCUT2D eigenvalue weighted by atomic mass is 16.5. The molecule has 8 heteroatoms. The molecule has 0 unspecified atom stereocenters. The van der Waals surface area contributed by atoms with Gasteiger partial charge in [-0.2, -0.15) is 0 Å². The molecule has 2 aromatic rings. The van der Waals surface area contributed by atoms with Crippen molar-refractivity contribution in [2.75, 3.05) is 37.0 Å². The molecule has 1 aliphatic heterocycles. The van der Waals surface area contributed by atoms with Crippen LogP contribution >= 0.6 is 0 Å². The molecule has 0 aromatic heterocycles. The van der Waals surface area contributed by atoms with Gasteiger partial charge in [-0.05, 0) is 50.1 Å². The summed E-state index contributed by atoms with van der Waals surface area (Å²) < 4.78 is 10.3. The zero-order chi connectivity index (χ0) is 22.4. The van der Waals surface area contributed by atoms with Crippen molar-refractivity contribution in [1.29, 1.82) is 0 Å². The minimum absolute atomic E-state index is 0.0287. The number of piperidine rings is 1. The van der Waals surface area contributed by atoms with Crippen LogP contribution in [0.4, 0.5) is 11.4 Å². The molecule has 8 nitrogen and oxygen atoms in total. The number of para-hydroxylation sites is 1. The highest BCUT2D eigenvalue weighted by Crippen LogP contribution is 2.29. The first-order chi connectivity index (χ1) is 14.9. The second-order valence-electron chi connectivity index (χ2n) is 7.23. The highest BCUT2D eigenvalue weighted by molar-refractivity contribution is 6.09. The predicted octanol–water partition coefficient (Wildman–Crippen LogP) is 3.43. The van der Waals surface area contributed by atoms with Crippen molar-refractivity contribution in [2.24, 2.45) is 5.92 Å². The molecule has 0 radical (unpaired) electrons. The quantitative estimate of drug-likeness (QED) is 0.654. The fourth-order valence-electron chi connectivity index (χ4n) is 3.70. The summed E-state index contributed by atoms with van der Waals surface area (Å²) >= 11 is 0. The maximum atomic E-state index is 12.7. The zero-order valence-corrected chi connectivity index (χ0v) is 17.6. The van der Waals surface area contributed by atoms with Gasteiger partial charge >= 0.3 is 11.9 Å². The number of carboxylic acids is 1. The monoisotopic (exact) mass is 426 g/mol. The van der Waals surface area contributed by atoms with Crippen LogP contribution in [0, 0.1) is 5.92 Å². The van der Waals surface area contributed by atoms with Gasteiger partial charge in [-0.3, -0.25) is 9.59 Å². The van der Waals surface area contributed by atoms with Crippen LogP contribution in [0.25, 0.3) is 0 Å². The molecule has 2 N–H and O–H groups in total. The first-order valence-electron chi connectivity index (χ1n) is 10.2. The summed E-state index contributed by atoms with van der Waals surface area (Å²) in [6.45, 7) is 3.28. The highest BCUT2D eigenvalue weighted by Gasteiger charge is 2.28. The number of rotatable bonds is 7. The predicted molar refractivity (Wildman–Crippen MR) is 116 cm³/mol. The number of esters is 1. The Hall–Kier alpha value is -3.55. The van der Waals surface area contributed by atoms with Crippen molar-refractivity contribution >= 4 is 29.2 Å². The number of anilines is 2. The second kappa shape index (κ2) is 9.97. The van der Waals surface area contributed by atoms with Crippen LogP contribution in [0.2, 0.25) is 0 Å². The number of methoxy groups -OCH3 is 1. The summed E-state index contributed by atoms with van der Waals surface area (Å²) in [4.78, 5) is 38.7. The molecule has 1 saturated heterocycles. The van der Waals surface area contributed by atoms with Gasteiger partial charge in [0, 0.05) is 18.8 Å². The summed E-state index contributed by atoms with van der Waals surface area (Å²) in [5, 5.41) is 12.4. The standard InChI is InChI=1S/C23H26N2O6/c1-3-31-23(29)15-7-6-12-25(14-15)16-10-11-19(18(13-16)22(27)28)24-21(26)17-8-4-5-9-20(17)30-2/h4-5,8-11,13,15H,3,6-7,12,14H2,1-2H3,(H,24,26)(H,27,28)/t15-/m0/s1. The molecule has 0 bridgehead atoms. The minimum Gasteiger partial charge on any atom is -0.496 e. The average Bonchev–Trinajstić information content (AvgIpc) is 2.79. The van der Waals surface area contributed by atoms with Crippen LogP contribution in [0.15, 0.2) is 42.5 Å². The van der Waals surface area contributed by atoms with E-state index in [0.29, 0.717) is 36.7 Å². The molecule has 164 valence electrons. The lowest BCUT2D eigenvalue weighted by atomic mass is 9.97. The van der Waals surface area contributed by atoms with Gasteiger partial charge in [0.25, 0.3) is 5.91 Å². The molecule has 1 heterocycles. The lowest BCUT2D eigenvalue weighted by Crippen LogP contribution is -2.39. The van der Waals surface area contributed by atoms with Gasteiger partial charge < -0.3 is 24.8 Å². The topological polar surface area (TPSA) is 105 Å². The molecule has 2 aromatic carbocycles. The van der Waals surface area contributed by atoms with Crippen molar-refractivity contribution in [3.8, 4) is 5.75 Å². The van der Waals surface area contributed by atoms with E-state index in [0.717, 1.165) is 12.8 Å². The van der Waals surface area contributed by atoms with Crippen LogP contribution in [0.1, 0.15) is 40.5 Å². The van der Waals surface area contributed by atoms with Gasteiger partial charge in [-0.1, -0.05) is 12.1 Å². The first kappa shape index (κ1) is 22.1. The summed E-state index contributed by atoms with van der Waals surface area (Å²) in [7, 11) is 1.46. The molecule has 0 saturated carbocycles. The molecule has 0 aliphatic carbocycles. The third kappa shape index (κ3) is 5.14. The van der Waals surface area contributed by atoms with Crippen molar-refractivity contribution in [2.45, 2.75) is 19.8 Å². The Labute approximate surface area is 180 Å². The van der Waals surface area contributed by atoms with E-state index in [4.69, 9.17) is 9.47 Å². The third-order valence-electron chi connectivity index (χ3n) is 5.24. The van der Waals surface area contributed by atoms with Gasteiger partial charge in [0.15, 0.2) is 0 Å². The summed E-state index contributed by atoms with van der Waals surface area (Å²) in [6.07, 6.45) is 1.55. The number of hydrogen-bond acceptors (Lipinski definition) is 6. The number of ether oxygens (including phenoxy) is 2. The second-order valence-corrected chi connectivity index (χ2v) is 7.23. The van der Waals surface area contributed by atoms with Crippen molar-refractivity contribution in [3.63, 3.8) is 0 Å². The number of hydrogen-bond donors (Lipinski definition) is 2. The summed E-state index contributed by atoms with van der Waals surface area (Å²) in [5.74, 6) is -1.70.